The van der Waals surface area contributed by atoms with Gasteiger partial charge < -0.3 is 24.4 Å². The van der Waals surface area contributed by atoms with Crippen LogP contribution < -0.4 is 24.5 Å². The van der Waals surface area contributed by atoms with Crippen LogP contribution in [-0.4, -0.2) is 79.2 Å². The maximum atomic E-state index is 13.8. The standard InChI is InChI=1S/C35H32N4O5/c40-34-23-6-1-2-7-24(23)35(41)32-31(34)26(19-30-33(32)37-25-8-3-4-9-27(25)44-30)36-12-5-13-38-14-16-39(17-15-38)20-22-10-11-28-29(18-22)43-21-42-28/h1-4,6-11,18-19,27,36H,5,12-17,20-21H2/p+1. The lowest BCUT2D eigenvalue weighted by atomic mass is 9.81. The Morgan fingerprint density at radius 1 is 0.841 bits per heavy atom. The lowest BCUT2D eigenvalue weighted by molar-refractivity contribution is -0.362. The number of fused-ring (bicyclic) bond motifs is 6. The van der Waals surface area contributed by atoms with Crippen molar-refractivity contribution in [1.29, 1.82) is 0 Å². The minimum absolute atomic E-state index is 0.146. The molecule has 1 atom stereocenters. The van der Waals surface area contributed by atoms with E-state index in [4.69, 9.17) is 14.2 Å². The first-order valence-electron chi connectivity index (χ1n) is 15.2. The minimum atomic E-state index is -0.260. The number of hydrogen-bond donors (Lipinski definition) is 2. The predicted octanol–water partition coefficient (Wildman–Crippen LogP) is 2.85. The normalized spacial score (nSPS) is 19.9. The molecule has 1 saturated heterocycles. The molecule has 1 unspecified atom stereocenters. The molecule has 3 aromatic carbocycles. The zero-order valence-corrected chi connectivity index (χ0v) is 24.3. The van der Waals surface area contributed by atoms with Crippen LogP contribution in [0.15, 0.2) is 72.8 Å². The van der Waals surface area contributed by atoms with E-state index in [1.807, 2.05) is 36.4 Å². The topological polar surface area (TPSA) is 94.3 Å². The molecule has 0 amide bonds. The van der Waals surface area contributed by atoms with Gasteiger partial charge in [0, 0.05) is 62.5 Å². The van der Waals surface area contributed by atoms with Crippen molar-refractivity contribution >= 4 is 28.7 Å². The van der Waals surface area contributed by atoms with Crippen LogP contribution in [0.3, 0.4) is 0 Å². The predicted molar refractivity (Wildman–Crippen MR) is 165 cm³/mol. The van der Waals surface area contributed by atoms with Crippen molar-refractivity contribution in [3.8, 4) is 17.2 Å². The van der Waals surface area contributed by atoms with Crippen molar-refractivity contribution in [3.63, 3.8) is 0 Å². The molecule has 0 radical (unpaired) electrons. The van der Waals surface area contributed by atoms with Crippen molar-refractivity contribution in [3.05, 3.63) is 101 Å². The summed E-state index contributed by atoms with van der Waals surface area (Å²) in [5, 5.41) is 3.50. The van der Waals surface area contributed by atoms with E-state index < -0.39 is 0 Å². The molecule has 0 aromatic heterocycles. The van der Waals surface area contributed by atoms with Crippen LogP contribution in [0.1, 0.15) is 43.8 Å². The number of hydrogen-bond acceptors (Lipinski definition) is 8. The first-order valence-corrected chi connectivity index (χ1v) is 15.2. The van der Waals surface area contributed by atoms with E-state index in [0.717, 1.165) is 62.9 Å². The third kappa shape index (κ3) is 4.78. The van der Waals surface area contributed by atoms with Crippen LogP contribution in [0.25, 0.3) is 0 Å². The summed E-state index contributed by atoms with van der Waals surface area (Å²) < 4.78 is 17.3. The van der Waals surface area contributed by atoms with Crippen LogP contribution in [0.2, 0.25) is 0 Å². The monoisotopic (exact) mass is 589 g/mol. The third-order valence-electron chi connectivity index (χ3n) is 8.94. The highest BCUT2D eigenvalue weighted by Gasteiger charge is 2.41. The fraction of sp³-hybridized carbons (Fsp3) is 0.286. The molecule has 3 aliphatic heterocycles. The number of nitrogens with one attached hydrogen (secondary N) is 2. The van der Waals surface area contributed by atoms with Gasteiger partial charge in [-0.15, -0.1) is 0 Å². The van der Waals surface area contributed by atoms with E-state index in [1.54, 1.807) is 24.3 Å². The summed E-state index contributed by atoms with van der Waals surface area (Å²) in [5.41, 5.74) is 4.93. The first-order chi connectivity index (χ1) is 21.6. The van der Waals surface area contributed by atoms with Crippen LogP contribution in [0, 0.1) is 0 Å². The lowest BCUT2D eigenvalue weighted by Crippen LogP contribution is -2.72. The van der Waals surface area contributed by atoms with Gasteiger partial charge in [0.15, 0.2) is 23.0 Å². The molecule has 9 nitrogen and oxygen atoms in total. The highest BCUT2D eigenvalue weighted by atomic mass is 16.7. The third-order valence-corrected chi connectivity index (χ3v) is 8.94. The second-order valence-corrected chi connectivity index (χ2v) is 11.7. The summed E-state index contributed by atoms with van der Waals surface area (Å²) >= 11 is 0. The van der Waals surface area contributed by atoms with Crippen LogP contribution in [0.5, 0.6) is 17.2 Å². The Bertz CT molecular complexity index is 1770. The number of anilines is 1. The van der Waals surface area contributed by atoms with E-state index in [1.165, 1.54) is 5.56 Å². The number of allylic oxidation sites excluding steroid dienone is 2. The summed E-state index contributed by atoms with van der Waals surface area (Å²) in [6.45, 7) is 6.83. The molecule has 44 heavy (non-hydrogen) atoms. The van der Waals surface area contributed by atoms with Crippen molar-refractivity contribution in [1.82, 2.24) is 9.80 Å². The average Bonchev–Trinajstić information content (AvgIpc) is 3.53. The van der Waals surface area contributed by atoms with Crippen molar-refractivity contribution in [2.75, 3.05) is 51.4 Å². The van der Waals surface area contributed by atoms with Crippen LogP contribution >= 0.6 is 0 Å². The summed E-state index contributed by atoms with van der Waals surface area (Å²) in [4.78, 5) is 36.0. The smallest absolute Gasteiger partial charge is 0.258 e. The fourth-order valence-electron chi connectivity index (χ4n) is 6.64. The second kappa shape index (κ2) is 11.1. The van der Waals surface area contributed by atoms with Crippen molar-refractivity contribution in [2.45, 2.75) is 19.1 Å². The van der Waals surface area contributed by atoms with Crippen molar-refractivity contribution in [2.24, 2.45) is 0 Å². The summed E-state index contributed by atoms with van der Waals surface area (Å²) in [6.07, 6.45) is 8.42. The van der Waals surface area contributed by atoms with E-state index in [9.17, 15) is 9.59 Å². The molecule has 0 bridgehead atoms. The highest BCUT2D eigenvalue weighted by Crippen LogP contribution is 2.41. The Balaban J connectivity index is 0.946. The maximum Gasteiger partial charge on any atom is 0.258 e. The first kappa shape index (κ1) is 26.9. The number of ether oxygens (including phenoxy) is 3. The van der Waals surface area contributed by atoms with E-state index >= 15 is 0 Å². The Labute approximate surface area is 255 Å². The summed E-state index contributed by atoms with van der Waals surface area (Å²) in [5.74, 6) is 1.91. The van der Waals surface area contributed by atoms with E-state index in [0.29, 0.717) is 52.7 Å². The maximum absolute atomic E-state index is 13.8. The molecule has 2 N–H and O–H groups in total. The number of carbonyl (C=O) groups excluding carboxylic acids is 2. The number of benzene rings is 3. The number of rotatable bonds is 7. The van der Waals surface area contributed by atoms with Gasteiger partial charge in [-0.3, -0.25) is 14.5 Å². The van der Waals surface area contributed by atoms with Gasteiger partial charge in [0.2, 0.25) is 24.4 Å². The van der Waals surface area contributed by atoms with Crippen LogP contribution in [0.4, 0.5) is 11.4 Å². The van der Waals surface area contributed by atoms with Gasteiger partial charge in [-0.05, 0) is 36.7 Å². The van der Waals surface area contributed by atoms with Gasteiger partial charge in [-0.25, -0.2) is 4.99 Å². The fourth-order valence-corrected chi connectivity index (χ4v) is 6.64. The molecular formula is C35H33N4O5+. The molecule has 0 saturated carbocycles. The summed E-state index contributed by atoms with van der Waals surface area (Å²) in [6, 6.07) is 15.1. The molecule has 222 valence electrons. The molecule has 2 aliphatic carbocycles. The molecule has 3 heterocycles. The van der Waals surface area contributed by atoms with Gasteiger partial charge in [0.05, 0.1) is 11.3 Å². The van der Waals surface area contributed by atoms with Gasteiger partial charge >= 0.3 is 0 Å². The van der Waals surface area contributed by atoms with E-state index in [2.05, 4.69) is 32.2 Å². The zero-order chi connectivity index (χ0) is 29.6. The molecule has 0 spiro atoms. The lowest BCUT2D eigenvalue weighted by Gasteiger charge is -2.34. The quantitative estimate of drug-likeness (QED) is 0.318. The Morgan fingerprint density at radius 3 is 2.45 bits per heavy atom. The van der Waals surface area contributed by atoms with Gasteiger partial charge in [0.25, 0.3) is 5.69 Å². The van der Waals surface area contributed by atoms with Gasteiger partial charge in [-0.2, -0.15) is 0 Å². The van der Waals surface area contributed by atoms with Gasteiger partial charge in [0.1, 0.15) is 5.56 Å². The SMILES string of the molecule is O=C1c2ccccc2C(=O)c2c3c(cc(NCCCN4CCN(Cc5ccc6c(c5)OCO6)CC4)c21)OC1C=CC=CC1=[NH+]3. The highest BCUT2D eigenvalue weighted by molar-refractivity contribution is 6.32. The molecule has 8 rings (SSSR count). The molecule has 1 fully saturated rings. The molecule has 3 aromatic rings. The second-order valence-electron chi connectivity index (χ2n) is 11.7. The summed E-state index contributed by atoms with van der Waals surface area (Å²) in [7, 11) is 0. The molecular weight excluding hydrogens is 556 g/mol. The number of carbonyl (C=O) groups is 2. The molecule has 5 aliphatic rings. The Morgan fingerprint density at radius 2 is 1.61 bits per heavy atom. The number of piperazine rings is 1. The van der Waals surface area contributed by atoms with E-state index in [-0.39, 0.29) is 17.7 Å². The number of nitrogens with zero attached hydrogens (tertiary/aromatic N) is 2. The zero-order valence-electron chi connectivity index (χ0n) is 24.3. The Hall–Kier alpha value is -4.73. The molecule has 9 heteroatoms. The van der Waals surface area contributed by atoms with Crippen molar-refractivity contribution < 1.29 is 28.8 Å². The Kier molecular flexibility index (Phi) is 6.76. The van der Waals surface area contributed by atoms with Gasteiger partial charge in [-0.1, -0.05) is 42.5 Å². The van der Waals surface area contributed by atoms with Crippen LogP contribution in [-0.2, 0) is 6.54 Å². The largest absolute Gasteiger partial charge is 0.468 e. The average molecular weight is 590 g/mol. The minimum Gasteiger partial charge on any atom is -0.468 e. The number of ketones is 2.